The number of methoxy groups -OCH3 is 1. The summed E-state index contributed by atoms with van der Waals surface area (Å²) in [7, 11) is 1.70. The first kappa shape index (κ1) is 22.8. The van der Waals surface area contributed by atoms with Crippen LogP contribution in [0.15, 0.2) is 54.9 Å². The van der Waals surface area contributed by atoms with Gasteiger partial charge in [0.1, 0.15) is 18.5 Å². The zero-order chi connectivity index (χ0) is 19.6. The number of hydrogen-bond acceptors (Lipinski definition) is 5. The van der Waals surface area contributed by atoms with E-state index >= 15 is 0 Å². The van der Waals surface area contributed by atoms with Gasteiger partial charge in [0.05, 0.1) is 24.0 Å². The van der Waals surface area contributed by atoms with Crippen LogP contribution in [0.1, 0.15) is 12.0 Å². The van der Waals surface area contributed by atoms with E-state index in [0.29, 0.717) is 13.2 Å². The van der Waals surface area contributed by atoms with Crippen LogP contribution >= 0.6 is 0 Å². The van der Waals surface area contributed by atoms with Crippen LogP contribution < -0.4 is 10.1 Å². The van der Waals surface area contributed by atoms with Crippen molar-refractivity contribution in [1.29, 1.82) is 0 Å². The normalized spacial score (nSPS) is 11.9. The van der Waals surface area contributed by atoms with E-state index in [1.165, 1.54) is 5.56 Å². The summed E-state index contributed by atoms with van der Waals surface area (Å²) in [5, 5.41) is 13.4. The van der Waals surface area contributed by atoms with Crippen LogP contribution in [0.5, 0.6) is 5.75 Å². The summed E-state index contributed by atoms with van der Waals surface area (Å²) in [5.74, 6) is 0.771. The van der Waals surface area contributed by atoms with Gasteiger partial charge in [-0.25, -0.2) is 4.98 Å². The summed E-state index contributed by atoms with van der Waals surface area (Å²) in [5.41, 5.74) is 3.39. The Morgan fingerprint density at radius 1 is 1.14 bits per heavy atom. The van der Waals surface area contributed by atoms with Crippen LogP contribution in [0.3, 0.4) is 0 Å². The Kier molecular flexibility index (Phi) is 9.59. The molecule has 0 aliphatic heterocycles. The molecule has 1 aromatic heterocycles. The number of aliphatic hydroxyl groups is 1. The van der Waals surface area contributed by atoms with Gasteiger partial charge >= 0.3 is 0 Å². The molecule has 0 bridgehead atoms. The third-order valence-electron chi connectivity index (χ3n) is 4.62. The van der Waals surface area contributed by atoms with Crippen molar-refractivity contribution >= 4 is 11.0 Å². The number of ether oxygens (including phenoxy) is 2. The SMILES string of the molecule is COCCc1ccc(OCC(O)CNCCCn2cnc3ccccc32)cc1.O. The lowest BCUT2D eigenvalue weighted by Gasteiger charge is -2.14. The number of aliphatic hydroxyl groups excluding tert-OH is 1. The van der Waals surface area contributed by atoms with Gasteiger partial charge in [-0.05, 0) is 49.2 Å². The number of nitrogens with zero attached hydrogens (tertiary/aromatic N) is 2. The molecular formula is C22H31N3O4. The molecule has 0 radical (unpaired) electrons. The van der Waals surface area contributed by atoms with Gasteiger partial charge in [0.2, 0.25) is 0 Å². The third-order valence-corrected chi connectivity index (χ3v) is 4.62. The maximum Gasteiger partial charge on any atom is 0.119 e. The second-order valence-electron chi connectivity index (χ2n) is 6.84. The van der Waals surface area contributed by atoms with E-state index in [2.05, 4.69) is 20.9 Å². The fraction of sp³-hybridized carbons (Fsp3) is 0.409. The summed E-state index contributed by atoms with van der Waals surface area (Å²) in [6.07, 6.45) is 3.20. The number of rotatable bonds is 12. The number of aryl methyl sites for hydroxylation is 1. The molecule has 1 unspecified atom stereocenters. The number of aromatic nitrogens is 2. The Morgan fingerprint density at radius 2 is 1.93 bits per heavy atom. The van der Waals surface area contributed by atoms with E-state index in [4.69, 9.17) is 9.47 Å². The minimum Gasteiger partial charge on any atom is -0.491 e. The van der Waals surface area contributed by atoms with Gasteiger partial charge in [0.15, 0.2) is 0 Å². The average molecular weight is 402 g/mol. The molecule has 1 atom stereocenters. The number of imidazole rings is 1. The van der Waals surface area contributed by atoms with Crippen LogP contribution in [0, 0.1) is 0 Å². The molecular weight excluding hydrogens is 370 g/mol. The van der Waals surface area contributed by atoms with Crippen molar-refractivity contribution < 1.29 is 20.1 Å². The number of para-hydroxylation sites is 2. The van der Waals surface area contributed by atoms with Gasteiger partial charge < -0.3 is 29.9 Å². The molecule has 0 amide bonds. The second-order valence-corrected chi connectivity index (χ2v) is 6.84. The van der Waals surface area contributed by atoms with E-state index in [9.17, 15) is 5.11 Å². The number of hydrogen-bond donors (Lipinski definition) is 2. The van der Waals surface area contributed by atoms with E-state index < -0.39 is 6.10 Å². The first-order valence-electron chi connectivity index (χ1n) is 9.75. The molecule has 158 valence electrons. The highest BCUT2D eigenvalue weighted by Crippen LogP contribution is 2.13. The molecule has 29 heavy (non-hydrogen) atoms. The molecule has 2 aromatic carbocycles. The highest BCUT2D eigenvalue weighted by atomic mass is 16.5. The number of fused-ring (bicyclic) bond motifs is 1. The minimum atomic E-state index is -0.540. The van der Waals surface area contributed by atoms with Crippen molar-refractivity contribution in [2.45, 2.75) is 25.5 Å². The molecule has 0 aliphatic carbocycles. The van der Waals surface area contributed by atoms with Gasteiger partial charge in [-0.3, -0.25) is 0 Å². The molecule has 0 spiro atoms. The first-order valence-corrected chi connectivity index (χ1v) is 9.75. The minimum absolute atomic E-state index is 0. The largest absolute Gasteiger partial charge is 0.491 e. The summed E-state index contributed by atoms with van der Waals surface area (Å²) < 4.78 is 12.9. The molecule has 0 fully saturated rings. The Labute approximate surface area is 171 Å². The zero-order valence-corrected chi connectivity index (χ0v) is 16.9. The summed E-state index contributed by atoms with van der Waals surface area (Å²) in [4.78, 5) is 4.40. The Balaban J connectivity index is 0.00000300. The molecule has 7 nitrogen and oxygen atoms in total. The van der Waals surface area contributed by atoms with Crippen LogP contribution in [0.2, 0.25) is 0 Å². The van der Waals surface area contributed by atoms with Crippen molar-refractivity contribution in [1.82, 2.24) is 14.9 Å². The van der Waals surface area contributed by atoms with E-state index in [1.807, 2.05) is 48.8 Å². The standard InChI is InChI=1S/C22H29N3O3.H2O/c1-27-14-11-18-7-9-20(10-8-18)28-16-19(26)15-23-12-4-13-25-17-24-21-5-2-3-6-22(21)25;/h2-3,5-10,17,19,23,26H,4,11-16H2,1H3;1H2. The van der Waals surface area contributed by atoms with E-state index in [1.54, 1.807) is 7.11 Å². The van der Waals surface area contributed by atoms with E-state index in [0.717, 1.165) is 42.7 Å². The van der Waals surface area contributed by atoms with Crippen molar-refractivity contribution in [3.05, 3.63) is 60.4 Å². The van der Waals surface area contributed by atoms with Crippen LogP contribution in [-0.2, 0) is 17.7 Å². The highest BCUT2D eigenvalue weighted by molar-refractivity contribution is 5.74. The summed E-state index contributed by atoms with van der Waals surface area (Å²) in [6.45, 7) is 3.22. The van der Waals surface area contributed by atoms with Gasteiger partial charge in [0, 0.05) is 20.2 Å². The quantitative estimate of drug-likeness (QED) is 0.451. The summed E-state index contributed by atoms with van der Waals surface area (Å²) in [6, 6.07) is 16.1. The first-order chi connectivity index (χ1) is 13.8. The van der Waals surface area contributed by atoms with Gasteiger partial charge in [-0.1, -0.05) is 24.3 Å². The fourth-order valence-electron chi connectivity index (χ4n) is 3.06. The monoisotopic (exact) mass is 401 g/mol. The number of benzene rings is 2. The lowest BCUT2D eigenvalue weighted by atomic mass is 10.1. The van der Waals surface area contributed by atoms with Gasteiger partial charge in [0.25, 0.3) is 0 Å². The molecule has 3 aromatic rings. The zero-order valence-electron chi connectivity index (χ0n) is 16.9. The Morgan fingerprint density at radius 3 is 2.72 bits per heavy atom. The van der Waals surface area contributed by atoms with Gasteiger partial charge in [-0.2, -0.15) is 0 Å². The molecule has 7 heteroatoms. The Hall–Kier alpha value is -2.45. The Bertz CT molecular complexity index is 835. The van der Waals surface area contributed by atoms with Crippen molar-refractivity contribution in [2.24, 2.45) is 0 Å². The molecule has 0 saturated carbocycles. The van der Waals surface area contributed by atoms with Crippen molar-refractivity contribution in [3.8, 4) is 5.75 Å². The molecule has 3 rings (SSSR count). The predicted octanol–water partition coefficient (Wildman–Crippen LogP) is 1.82. The second kappa shape index (κ2) is 12.2. The summed E-state index contributed by atoms with van der Waals surface area (Å²) >= 11 is 0. The van der Waals surface area contributed by atoms with Gasteiger partial charge in [-0.15, -0.1) is 0 Å². The smallest absolute Gasteiger partial charge is 0.119 e. The highest BCUT2D eigenvalue weighted by Gasteiger charge is 2.06. The lowest BCUT2D eigenvalue weighted by molar-refractivity contribution is 0.106. The fourth-order valence-corrected chi connectivity index (χ4v) is 3.06. The van der Waals surface area contributed by atoms with Crippen LogP contribution in [0.4, 0.5) is 0 Å². The molecule has 0 aliphatic rings. The predicted molar refractivity (Wildman–Crippen MR) is 114 cm³/mol. The molecule has 4 N–H and O–H groups in total. The third kappa shape index (κ3) is 7.14. The van der Waals surface area contributed by atoms with Crippen LogP contribution in [0.25, 0.3) is 11.0 Å². The van der Waals surface area contributed by atoms with Crippen molar-refractivity contribution in [3.63, 3.8) is 0 Å². The lowest BCUT2D eigenvalue weighted by Crippen LogP contribution is -2.32. The molecule has 1 heterocycles. The van der Waals surface area contributed by atoms with Crippen LogP contribution in [-0.4, -0.2) is 59.7 Å². The maximum atomic E-state index is 10.1. The van der Waals surface area contributed by atoms with E-state index in [-0.39, 0.29) is 12.1 Å². The van der Waals surface area contributed by atoms with Crippen molar-refractivity contribution in [2.75, 3.05) is 33.4 Å². The molecule has 0 saturated heterocycles. The number of nitrogens with one attached hydrogen (secondary N) is 1. The topological polar surface area (TPSA) is 100 Å². The maximum absolute atomic E-state index is 10.1. The average Bonchev–Trinajstić information content (AvgIpc) is 3.14.